The Bertz CT molecular complexity index is 331. The molecule has 0 heterocycles. The Hall–Kier alpha value is -1.10. The summed E-state index contributed by atoms with van der Waals surface area (Å²) < 4.78 is 0. The van der Waals surface area contributed by atoms with Gasteiger partial charge in [-0.15, -0.1) is 0 Å². The van der Waals surface area contributed by atoms with Crippen LogP contribution in [-0.4, -0.2) is 34.8 Å². The summed E-state index contributed by atoms with van der Waals surface area (Å²) in [4.78, 5) is 25.4. The van der Waals surface area contributed by atoms with Crippen LogP contribution in [0.15, 0.2) is 0 Å². The fourth-order valence-corrected chi connectivity index (χ4v) is 3.26. The van der Waals surface area contributed by atoms with Gasteiger partial charge in [0.15, 0.2) is 0 Å². The van der Waals surface area contributed by atoms with E-state index < -0.39 is 11.4 Å². The molecule has 2 amide bonds. The molecule has 0 saturated heterocycles. The molecule has 0 atom stereocenters. The van der Waals surface area contributed by atoms with Gasteiger partial charge in [-0.3, -0.25) is 9.59 Å². The van der Waals surface area contributed by atoms with Crippen LogP contribution in [0.2, 0.25) is 0 Å². The van der Waals surface area contributed by atoms with Crippen molar-refractivity contribution in [3.05, 3.63) is 0 Å². The quantitative estimate of drug-likeness (QED) is 0.765. The first-order valence-electron chi connectivity index (χ1n) is 6.91. The van der Waals surface area contributed by atoms with Crippen molar-refractivity contribution in [2.24, 2.45) is 11.5 Å². The SMILES string of the molecule is NC(=O)CN(C(=O)C1(N)CCCC1)C1CCCC1. The van der Waals surface area contributed by atoms with E-state index in [1.165, 1.54) is 0 Å². The second kappa shape index (κ2) is 5.26. The molecule has 0 unspecified atom stereocenters. The van der Waals surface area contributed by atoms with Crippen molar-refractivity contribution < 1.29 is 9.59 Å². The molecule has 0 aromatic rings. The summed E-state index contributed by atoms with van der Waals surface area (Å²) in [6.45, 7) is 0.0163. The molecule has 2 aliphatic rings. The highest BCUT2D eigenvalue weighted by atomic mass is 16.2. The molecule has 0 aromatic carbocycles. The molecule has 5 heteroatoms. The third kappa shape index (κ3) is 2.66. The fraction of sp³-hybridized carbons (Fsp3) is 0.846. The van der Waals surface area contributed by atoms with Crippen molar-refractivity contribution in [2.75, 3.05) is 6.54 Å². The van der Waals surface area contributed by atoms with Crippen LogP contribution in [0, 0.1) is 0 Å². The van der Waals surface area contributed by atoms with Gasteiger partial charge in [-0.2, -0.15) is 0 Å². The van der Waals surface area contributed by atoms with Crippen LogP contribution in [0.4, 0.5) is 0 Å². The number of hydrogen-bond donors (Lipinski definition) is 2. The lowest BCUT2D eigenvalue weighted by molar-refractivity contribution is -0.142. The average Bonchev–Trinajstić information content (AvgIpc) is 2.96. The zero-order valence-corrected chi connectivity index (χ0v) is 10.9. The smallest absolute Gasteiger partial charge is 0.243 e. The van der Waals surface area contributed by atoms with Gasteiger partial charge in [0.2, 0.25) is 11.8 Å². The zero-order valence-electron chi connectivity index (χ0n) is 10.9. The van der Waals surface area contributed by atoms with E-state index in [9.17, 15) is 9.59 Å². The van der Waals surface area contributed by atoms with E-state index in [0.29, 0.717) is 0 Å². The Morgan fingerprint density at radius 3 is 2.17 bits per heavy atom. The molecule has 5 nitrogen and oxygen atoms in total. The van der Waals surface area contributed by atoms with E-state index in [2.05, 4.69) is 0 Å². The molecule has 102 valence electrons. The topological polar surface area (TPSA) is 89.4 Å². The maximum absolute atomic E-state index is 12.6. The third-order valence-corrected chi connectivity index (χ3v) is 4.27. The lowest BCUT2D eigenvalue weighted by Crippen LogP contribution is -2.57. The predicted molar refractivity (Wildman–Crippen MR) is 68.5 cm³/mol. The van der Waals surface area contributed by atoms with Gasteiger partial charge in [0, 0.05) is 6.04 Å². The number of carbonyl (C=O) groups is 2. The predicted octanol–water partition coefficient (Wildman–Crippen LogP) is 0.514. The minimum atomic E-state index is -0.752. The molecule has 0 aliphatic heterocycles. The number of nitrogens with zero attached hydrogens (tertiary/aromatic N) is 1. The van der Waals surface area contributed by atoms with Crippen LogP contribution in [0.3, 0.4) is 0 Å². The Balaban J connectivity index is 2.11. The zero-order chi connectivity index (χ0) is 13.2. The molecule has 4 N–H and O–H groups in total. The van der Waals surface area contributed by atoms with Crippen molar-refractivity contribution in [1.82, 2.24) is 4.90 Å². The van der Waals surface area contributed by atoms with Crippen molar-refractivity contribution >= 4 is 11.8 Å². The second-order valence-electron chi connectivity index (χ2n) is 5.70. The molecular weight excluding hydrogens is 230 g/mol. The van der Waals surface area contributed by atoms with Gasteiger partial charge in [0.1, 0.15) is 0 Å². The molecule has 2 rings (SSSR count). The van der Waals surface area contributed by atoms with Crippen molar-refractivity contribution in [2.45, 2.75) is 62.9 Å². The first kappa shape index (κ1) is 13.3. The van der Waals surface area contributed by atoms with Gasteiger partial charge in [-0.25, -0.2) is 0 Å². The minimum absolute atomic E-state index is 0.0163. The van der Waals surface area contributed by atoms with Gasteiger partial charge >= 0.3 is 0 Å². The molecular formula is C13H23N3O2. The summed E-state index contributed by atoms with van der Waals surface area (Å²) in [6.07, 6.45) is 7.62. The normalized spacial score (nSPS) is 23.2. The molecule has 2 saturated carbocycles. The number of amides is 2. The van der Waals surface area contributed by atoms with Crippen molar-refractivity contribution in [3.63, 3.8) is 0 Å². The Labute approximate surface area is 108 Å². The van der Waals surface area contributed by atoms with E-state index in [1.807, 2.05) is 0 Å². The molecule has 2 fully saturated rings. The van der Waals surface area contributed by atoms with Gasteiger partial charge in [-0.1, -0.05) is 25.7 Å². The van der Waals surface area contributed by atoms with Crippen LogP contribution in [-0.2, 0) is 9.59 Å². The fourth-order valence-electron chi connectivity index (χ4n) is 3.26. The highest BCUT2D eigenvalue weighted by Gasteiger charge is 2.42. The summed E-state index contributed by atoms with van der Waals surface area (Å²) in [5, 5.41) is 0. The Morgan fingerprint density at radius 2 is 1.67 bits per heavy atom. The Morgan fingerprint density at radius 1 is 1.11 bits per heavy atom. The van der Waals surface area contributed by atoms with Crippen LogP contribution in [0.5, 0.6) is 0 Å². The maximum atomic E-state index is 12.6. The summed E-state index contributed by atoms with van der Waals surface area (Å²) in [6, 6.07) is 0.158. The number of rotatable bonds is 4. The van der Waals surface area contributed by atoms with E-state index in [-0.39, 0.29) is 18.5 Å². The number of carbonyl (C=O) groups excluding carboxylic acids is 2. The molecule has 0 bridgehead atoms. The van der Waals surface area contributed by atoms with Crippen LogP contribution in [0.1, 0.15) is 51.4 Å². The number of nitrogens with two attached hydrogens (primary N) is 2. The van der Waals surface area contributed by atoms with Crippen molar-refractivity contribution in [1.29, 1.82) is 0 Å². The third-order valence-electron chi connectivity index (χ3n) is 4.27. The van der Waals surface area contributed by atoms with Crippen molar-refractivity contribution in [3.8, 4) is 0 Å². The number of primary amides is 1. The van der Waals surface area contributed by atoms with E-state index in [1.54, 1.807) is 4.90 Å². The highest BCUT2D eigenvalue weighted by Crippen LogP contribution is 2.32. The first-order chi connectivity index (χ1) is 8.53. The molecule has 18 heavy (non-hydrogen) atoms. The van der Waals surface area contributed by atoms with Crippen LogP contribution < -0.4 is 11.5 Å². The van der Waals surface area contributed by atoms with Gasteiger partial charge < -0.3 is 16.4 Å². The summed E-state index contributed by atoms with van der Waals surface area (Å²) in [7, 11) is 0. The van der Waals surface area contributed by atoms with Gasteiger partial charge in [0.25, 0.3) is 0 Å². The van der Waals surface area contributed by atoms with Crippen LogP contribution in [0.25, 0.3) is 0 Å². The first-order valence-corrected chi connectivity index (χ1v) is 6.91. The second-order valence-corrected chi connectivity index (χ2v) is 5.70. The lowest BCUT2D eigenvalue weighted by atomic mass is 9.96. The monoisotopic (exact) mass is 253 g/mol. The summed E-state index contributed by atoms with van der Waals surface area (Å²) >= 11 is 0. The van der Waals surface area contributed by atoms with E-state index in [0.717, 1.165) is 51.4 Å². The van der Waals surface area contributed by atoms with Gasteiger partial charge in [0.05, 0.1) is 12.1 Å². The molecule has 0 spiro atoms. The Kier molecular flexibility index (Phi) is 3.90. The summed E-state index contributed by atoms with van der Waals surface area (Å²) in [5.41, 5.74) is 10.7. The van der Waals surface area contributed by atoms with E-state index in [4.69, 9.17) is 11.5 Å². The van der Waals surface area contributed by atoms with Crippen LogP contribution >= 0.6 is 0 Å². The van der Waals surface area contributed by atoms with E-state index >= 15 is 0 Å². The average molecular weight is 253 g/mol. The highest BCUT2D eigenvalue weighted by molar-refractivity contribution is 5.90. The van der Waals surface area contributed by atoms with Gasteiger partial charge in [-0.05, 0) is 25.7 Å². The number of hydrogen-bond acceptors (Lipinski definition) is 3. The summed E-state index contributed by atoms with van der Waals surface area (Å²) in [5.74, 6) is -0.512. The molecule has 0 radical (unpaired) electrons. The largest absolute Gasteiger partial charge is 0.368 e. The minimum Gasteiger partial charge on any atom is -0.368 e. The molecule has 2 aliphatic carbocycles. The molecule has 0 aromatic heterocycles. The standard InChI is InChI=1S/C13H23N3O2/c14-11(17)9-16(10-5-1-2-6-10)12(18)13(15)7-3-4-8-13/h10H,1-9,15H2,(H2,14,17). The lowest BCUT2D eigenvalue weighted by Gasteiger charge is -2.34. The maximum Gasteiger partial charge on any atom is 0.243 e.